The van der Waals surface area contributed by atoms with E-state index in [0.717, 1.165) is 17.7 Å². The highest BCUT2D eigenvalue weighted by Crippen LogP contribution is 2.25. The second-order valence-electron chi connectivity index (χ2n) is 5.87. The van der Waals surface area contributed by atoms with E-state index in [1.165, 1.54) is 0 Å². The smallest absolute Gasteiger partial charge is 0.321 e. The van der Waals surface area contributed by atoms with E-state index >= 15 is 0 Å². The van der Waals surface area contributed by atoms with E-state index in [-0.39, 0.29) is 18.4 Å². The molecule has 2 N–H and O–H groups in total. The molecule has 0 bridgehead atoms. The minimum absolute atomic E-state index is 0.0635. The van der Waals surface area contributed by atoms with E-state index in [1.807, 2.05) is 24.3 Å². The van der Waals surface area contributed by atoms with Crippen LogP contribution in [0.15, 0.2) is 24.3 Å². The molecule has 5 heteroatoms. The molecule has 0 aliphatic carbocycles. The van der Waals surface area contributed by atoms with Gasteiger partial charge in [-0.05, 0) is 29.9 Å². The Bertz CT molecular complexity index is 528. The Hall–Kier alpha value is -2.04. The maximum atomic E-state index is 12.3. The quantitative estimate of drug-likeness (QED) is 0.895. The molecule has 1 fully saturated rings. The number of anilines is 1. The van der Waals surface area contributed by atoms with Gasteiger partial charge >= 0.3 is 12.0 Å². The molecule has 1 atom stereocenters. The van der Waals surface area contributed by atoms with Crippen LogP contribution in [0.4, 0.5) is 10.5 Å². The van der Waals surface area contributed by atoms with E-state index in [1.54, 1.807) is 4.90 Å². The highest BCUT2D eigenvalue weighted by atomic mass is 16.4. The highest BCUT2D eigenvalue weighted by molar-refractivity contribution is 5.90. The van der Waals surface area contributed by atoms with Crippen molar-refractivity contribution in [2.75, 3.05) is 18.4 Å². The second kappa shape index (κ2) is 6.61. The molecular formula is C16H22N2O3. The molecule has 1 aliphatic heterocycles. The number of para-hydroxylation sites is 1. The number of carboxylic acid groups (broad SMARTS) is 1. The number of hydrogen-bond donors (Lipinski definition) is 2. The molecule has 0 radical (unpaired) electrons. The van der Waals surface area contributed by atoms with E-state index in [4.69, 9.17) is 5.11 Å². The first-order chi connectivity index (χ1) is 9.97. The van der Waals surface area contributed by atoms with Gasteiger partial charge in [0.05, 0.1) is 0 Å². The number of nitrogens with one attached hydrogen (secondary N) is 1. The molecule has 0 aromatic heterocycles. The summed E-state index contributed by atoms with van der Waals surface area (Å²) in [7, 11) is 0. The first-order valence-electron chi connectivity index (χ1n) is 7.34. The Morgan fingerprint density at radius 1 is 1.38 bits per heavy atom. The molecule has 2 rings (SSSR count). The summed E-state index contributed by atoms with van der Waals surface area (Å²) in [6.07, 6.45) is 0.887. The van der Waals surface area contributed by atoms with Crippen LogP contribution in [-0.4, -0.2) is 35.1 Å². The molecular weight excluding hydrogens is 268 g/mol. The average molecular weight is 290 g/mol. The van der Waals surface area contributed by atoms with Crippen molar-refractivity contribution in [2.45, 2.75) is 32.6 Å². The number of hydrogen-bond acceptors (Lipinski definition) is 2. The fraction of sp³-hybridized carbons (Fsp3) is 0.500. The van der Waals surface area contributed by atoms with Gasteiger partial charge in [0.15, 0.2) is 0 Å². The van der Waals surface area contributed by atoms with Crippen molar-refractivity contribution in [1.29, 1.82) is 0 Å². The topological polar surface area (TPSA) is 69.6 Å². The second-order valence-corrected chi connectivity index (χ2v) is 5.87. The zero-order valence-electron chi connectivity index (χ0n) is 12.5. The van der Waals surface area contributed by atoms with Crippen LogP contribution >= 0.6 is 0 Å². The zero-order valence-corrected chi connectivity index (χ0v) is 12.5. The van der Waals surface area contributed by atoms with Crippen LogP contribution in [0.25, 0.3) is 0 Å². The number of nitrogens with zero attached hydrogens (tertiary/aromatic N) is 1. The van der Waals surface area contributed by atoms with Gasteiger partial charge in [0.2, 0.25) is 0 Å². The third-order valence-corrected chi connectivity index (χ3v) is 3.86. The normalized spacial score (nSPS) is 18.0. The molecule has 5 nitrogen and oxygen atoms in total. The van der Waals surface area contributed by atoms with Crippen LogP contribution in [0, 0.1) is 5.92 Å². The largest absolute Gasteiger partial charge is 0.481 e. The minimum Gasteiger partial charge on any atom is -0.481 e. The van der Waals surface area contributed by atoms with Crippen molar-refractivity contribution in [3.05, 3.63) is 29.8 Å². The van der Waals surface area contributed by atoms with Crippen LogP contribution < -0.4 is 5.32 Å². The number of benzene rings is 1. The van der Waals surface area contributed by atoms with Gasteiger partial charge in [0, 0.05) is 25.2 Å². The molecule has 0 saturated carbocycles. The molecule has 0 spiro atoms. The summed E-state index contributed by atoms with van der Waals surface area (Å²) in [6, 6.07) is 7.63. The summed E-state index contributed by atoms with van der Waals surface area (Å²) in [4.78, 5) is 24.7. The SMILES string of the molecule is CC(C)c1ccccc1NC(=O)N1CCC(CC(=O)O)C1. The fourth-order valence-corrected chi connectivity index (χ4v) is 2.74. The number of amides is 2. The Balaban J connectivity index is 1.98. The third-order valence-electron chi connectivity index (χ3n) is 3.86. The lowest BCUT2D eigenvalue weighted by Gasteiger charge is -2.19. The Kier molecular flexibility index (Phi) is 4.83. The van der Waals surface area contributed by atoms with Crippen molar-refractivity contribution in [3.8, 4) is 0 Å². The molecule has 2 amide bonds. The van der Waals surface area contributed by atoms with E-state index < -0.39 is 5.97 Å². The van der Waals surface area contributed by atoms with Gasteiger partial charge in [-0.2, -0.15) is 0 Å². The predicted molar refractivity (Wildman–Crippen MR) is 81.5 cm³/mol. The van der Waals surface area contributed by atoms with Gasteiger partial charge < -0.3 is 15.3 Å². The van der Waals surface area contributed by atoms with Gasteiger partial charge in [-0.25, -0.2) is 4.79 Å². The number of urea groups is 1. The monoisotopic (exact) mass is 290 g/mol. The van der Waals surface area contributed by atoms with Crippen LogP contribution in [-0.2, 0) is 4.79 Å². The summed E-state index contributed by atoms with van der Waals surface area (Å²) < 4.78 is 0. The van der Waals surface area contributed by atoms with Crippen molar-refractivity contribution in [2.24, 2.45) is 5.92 Å². The van der Waals surface area contributed by atoms with Gasteiger partial charge in [0.25, 0.3) is 0 Å². The molecule has 1 aromatic carbocycles. The standard InChI is InChI=1S/C16H22N2O3/c1-11(2)13-5-3-4-6-14(13)17-16(21)18-8-7-12(10-18)9-15(19)20/h3-6,11-12H,7-10H2,1-2H3,(H,17,21)(H,19,20). The molecule has 1 heterocycles. The third kappa shape index (κ3) is 3.97. The summed E-state index contributed by atoms with van der Waals surface area (Å²) in [5, 5.41) is 11.8. The molecule has 21 heavy (non-hydrogen) atoms. The zero-order chi connectivity index (χ0) is 15.4. The maximum Gasteiger partial charge on any atom is 0.321 e. The molecule has 1 saturated heterocycles. The first kappa shape index (κ1) is 15.4. The Morgan fingerprint density at radius 3 is 2.76 bits per heavy atom. The van der Waals surface area contributed by atoms with Crippen molar-refractivity contribution >= 4 is 17.7 Å². The maximum absolute atomic E-state index is 12.3. The van der Waals surface area contributed by atoms with Gasteiger partial charge in [-0.3, -0.25) is 4.79 Å². The van der Waals surface area contributed by atoms with Crippen LogP contribution in [0.2, 0.25) is 0 Å². The van der Waals surface area contributed by atoms with Crippen molar-refractivity contribution < 1.29 is 14.7 Å². The first-order valence-corrected chi connectivity index (χ1v) is 7.34. The molecule has 1 aromatic rings. The predicted octanol–water partition coefficient (Wildman–Crippen LogP) is 3.14. The highest BCUT2D eigenvalue weighted by Gasteiger charge is 2.28. The lowest BCUT2D eigenvalue weighted by Crippen LogP contribution is -2.33. The number of carbonyl (C=O) groups is 2. The number of likely N-dealkylation sites (tertiary alicyclic amines) is 1. The van der Waals surface area contributed by atoms with Crippen LogP contribution in [0.1, 0.15) is 38.2 Å². The number of carbonyl (C=O) groups excluding carboxylic acids is 1. The van der Waals surface area contributed by atoms with Gasteiger partial charge in [-0.1, -0.05) is 32.0 Å². The van der Waals surface area contributed by atoms with Crippen molar-refractivity contribution in [1.82, 2.24) is 4.90 Å². The van der Waals surface area contributed by atoms with Crippen molar-refractivity contribution in [3.63, 3.8) is 0 Å². The lowest BCUT2D eigenvalue weighted by molar-refractivity contribution is -0.138. The summed E-state index contributed by atoms with van der Waals surface area (Å²) in [6.45, 7) is 5.31. The lowest BCUT2D eigenvalue weighted by atomic mass is 10.0. The number of aliphatic carboxylic acids is 1. The Labute approximate surface area is 125 Å². The van der Waals surface area contributed by atoms with Crippen LogP contribution in [0.5, 0.6) is 0 Å². The fourth-order valence-electron chi connectivity index (χ4n) is 2.74. The van der Waals surface area contributed by atoms with Gasteiger partial charge in [-0.15, -0.1) is 0 Å². The molecule has 114 valence electrons. The Morgan fingerprint density at radius 2 is 2.10 bits per heavy atom. The number of carboxylic acids is 1. The van der Waals surface area contributed by atoms with Gasteiger partial charge in [0.1, 0.15) is 0 Å². The minimum atomic E-state index is -0.799. The molecule has 1 aliphatic rings. The average Bonchev–Trinajstić information content (AvgIpc) is 2.86. The summed E-state index contributed by atoms with van der Waals surface area (Å²) in [5.74, 6) is -0.402. The van der Waals surface area contributed by atoms with E-state index in [0.29, 0.717) is 19.0 Å². The van der Waals surface area contributed by atoms with Crippen LogP contribution in [0.3, 0.4) is 0 Å². The summed E-state index contributed by atoms with van der Waals surface area (Å²) in [5.41, 5.74) is 1.94. The number of rotatable bonds is 4. The van der Waals surface area contributed by atoms with E-state index in [2.05, 4.69) is 19.2 Å². The van der Waals surface area contributed by atoms with E-state index in [9.17, 15) is 9.59 Å². The molecule has 1 unspecified atom stereocenters. The summed E-state index contributed by atoms with van der Waals surface area (Å²) >= 11 is 0.